The minimum Gasteiger partial charge on any atom is -0.448 e. The van der Waals surface area contributed by atoms with Crippen molar-refractivity contribution in [1.29, 1.82) is 0 Å². The zero-order valence-corrected chi connectivity index (χ0v) is 13.2. The molecule has 1 atom stereocenters. The van der Waals surface area contributed by atoms with E-state index in [1.807, 2.05) is 24.3 Å². The predicted octanol–water partition coefficient (Wildman–Crippen LogP) is 3.95. The molecule has 0 spiro atoms. The topological polar surface area (TPSA) is 72.3 Å². The fourth-order valence-electron chi connectivity index (χ4n) is 2.19. The number of benzene rings is 1. The number of nitrogens with one attached hydrogen (secondary N) is 1. The van der Waals surface area contributed by atoms with E-state index in [2.05, 4.69) is 20.9 Å². The van der Waals surface area contributed by atoms with Gasteiger partial charge in [0, 0.05) is 22.7 Å². The van der Waals surface area contributed by atoms with Crippen LogP contribution in [0.5, 0.6) is 0 Å². The summed E-state index contributed by atoms with van der Waals surface area (Å²) in [7, 11) is 0. The summed E-state index contributed by atoms with van der Waals surface area (Å²) < 4.78 is 10.7. The normalized spacial score (nSPS) is 12.3. The Labute approximate surface area is 134 Å². The third kappa shape index (κ3) is 2.69. The highest BCUT2D eigenvalue weighted by atomic mass is 79.9. The first-order valence-corrected chi connectivity index (χ1v) is 7.42. The van der Waals surface area contributed by atoms with Crippen LogP contribution in [0.3, 0.4) is 0 Å². The van der Waals surface area contributed by atoms with Gasteiger partial charge in [-0.2, -0.15) is 0 Å². The number of carbonyl (C=O) groups excluding carboxylic acids is 2. The molecule has 0 aliphatic heterocycles. The molecule has 22 heavy (non-hydrogen) atoms. The molecule has 1 aromatic carbocycles. The lowest BCUT2D eigenvalue weighted by atomic mass is 10.1. The van der Waals surface area contributed by atoms with Crippen LogP contribution in [0.1, 0.15) is 27.8 Å². The molecule has 1 unspecified atom stereocenters. The molecule has 0 bridgehead atoms. The Morgan fingerprint density at radius 3 is 2.73 bits per heavy atom. The van der Waals surface area contributed by atoms with Crippen LogP contribution in [0.25, 0.3) is 10.9 Å². The summed E-state index contributed by atoms with van der Waals surface area (Å²) in [5, 5.41) is 0.802. The van der Waals surface area contributed by atoms with Crippen molar-refractivity contribution >= 4 is 38.6 Å². The number of H-pyrrole nitrogens is 1. The number of para-hydroxylation sites is 1. The van der Waals surface area contributed by atoms with Crippen LogP contribution in [0, 0.1) is 0 Å². The van der Waals surface area contributed by atoms with Crippen LogP contribution < -0.4 is 0 Å². The van der Waals surface area contributed by atoms with Gasteiger partial charge in [0.2, 0.25) is 11.5 Å². The lowest BCUT2D eigenvalue weighted by molar-refractivity contribution is 0.0288. The molecule has 3 aromatic rings. The molecule has 0 radical (unpaired) electrons. The van der Waals surface area contributed by atoms with E-state index in [1.54, 1.807) is 19.2 Å². The van der Waals surface area contributed by atoms with Gasteiger partial charge in [0.15, 0.2) is 10.8 Å². The fraction of sp³-hybridized carbons (Fsp3) is 0.125. The van der Waals surface area contributed by atoms with Crippen molar-refractivity contribution in [3.05, 3.63) is 58.6 Å². The molecule has 0 aliphatic rings. The molecule has 5 nitrogen and oxygen atoms in total. The standard InChI is InChI=1S/C16H12BrNO4/c1-9(21-16(20)13-6-7-14(17)22-13)15(19)11-8-18-12-5-3-2-4-10(11)12/h2-9,18H,1H3. The van der Waals surface area contributed by atoms with E-state index in [4.69, 9.17) is 9.15 Å². The SMILES string of the molecule is CC(OC(=O)c1ccc(Br)o1)C(=O)c1c[nH]c2ccccc12. The first kappa shape index (κ1) is 14.6. The molecule has 2 heterocycles. The van der Waals surface area contributed by atoms with Gasteiger partial charge < -0.3 is 14.1 Å². The molecule has 6 heteroatoms. The van der Waals surface area contributed by atoms with E-state index in [0.717, 1.165) is 10.9 Å². The molecule has 1 N–H and O–H groups in total. The van der Waals surface area contributed by atoms with Gasteiger partial charge in [-0.3, -0.25) is 4.79 Å². The fourth-order valence-corrected chi connectivity index (χ4v) is 2.50. The largest absolute Gasteiger partial charge is 0.448 e. The Hall–Kier alpha value is -2.34. The summed E-state index contributed by atoms with van der Waals surface area (Å²) in [5.41, 5.74) is 1.36. The van der Waals surface area contributed by atoms with Gasteiger partial charge in [-0.15, -0.1) is 0 Å². The molecule has 0 fully saturated rings. The predicted molar refractivity (Wildman–Crippen MR) is 83.9 cm³/mol. The minimum absolute atomic E-state index is 0.0467. The number of esters is 1. The molecule has 0 amide bonds. The molecule has 0 saturated carbocycles. The maximum Gasteiger partial charge on any atom is 0.374 e. The number of fused-ring (bicyclic) bond motifs is 1. The Balaban J connectivity index is 1.78. The molecule has 0 aliphatic carbocycles. The lowest BCUT2D eigenvalue weighted by Crippen LogP contribution is -2.24. The maximum atomic E-state index is 12.5. The monoisotopic (exact) mass is 361 g/mol. The Bertz CT molecular complexity index is 849. The van der Waals surface area contributed by atoms with Crippen molar-refractivity contribution < 1.29 is 18.7 Å². The van der Waals surface area contributed by atoms with E-state index < -0.39 is 12.1 Å². The quantitative estimate of drug-likeness (QED) is 0.564. The highest BCUT2D eigenvalue weighted by Crippen LogP contribution is 2.21. The highest BCUT2D eigenvalue weighted by molar-refractivity contribution is 9.10. The van der Waals surface area contributed by atoms with Crippen molar-refractivity contribution in [2.24, 2.45) is 0 Å². The molecule has 112 valence electrons. The van der Waals surface area contributed by atoms with Crippen LogP contribution in [0.2, 0.25) is 0 Å². The number of aromatic nitrogens is 1. The van der Waals surface area contributed by atoms with Crippen molar-refractivity contribution in [2.45, 2.75) is 13.0 Å². The zero-order chi connectivity index (χ0) is 15.7. The number of halogens is 1. The number of ether oxygens (including phenoxy) is 1. The molecule has 0 saturated heterocycles. The van der Waals surface area contributed by atoms with Gasteiger partial charge in [0.05, 0.1) is 0 Å². The van der Waals surface area contributed by atoms with Crippen molar-refractivity contribution in [3.63, 3.8) is 0 Å². The molecule has 3 rings (SSSR count). The van der Waals surface area contributed by atoms with Gasteiger partial charge in [-0.25, -0.2) is 4.79 Å². The van der Waals surface area contributed by atoms with Crippen LogP contribution in [0.15, 0.2) is 51.7 Å². The van der Waals surface area contributed by atoms with Gasteiger partial charge in [0.25, 0.3) is 0 Å². The second kappa shape index (κ2) is 5.81. The number of hydrogen-bond acceptors (Lipinski definition) is 4. The third-order valence-electron chi connectivity index (χ3n) is 3.28. The number of furan rings is 1. The second-order valence-corrected chi connectivity index (χ2v) is 5.55. The van der Waals surface area contributed by atoms with Crippen molar-refractivity contribution in [1.82, 2.24) is 4.98 Å². The van der Waals surface area contributed by atoms with Crippen LogP contribution in [0.4, 0.5) is 0 Å². The summed E-state index contributed by atoms with van der Waals surface area (Å²) in [6.07, 6.45) is 0.719. The molecular weight excluding hydrogens is 350 g/mol. The van der Waals surface area contributed by atoms with Crippen molar-refractivity contribution in [3.8, 4) is 0 Å². The van der Waals surface area contributed by atoms with E-state index in [1.165, 1.54) is 6.07 Å². The Morgan fingerprint density at radius 2 is 2.00 bits per heavy atom. The number of aromatic amines is 1. The summed E-state index contributed by atoms with van der Waals surface area (Å²) in [6, 6.07) is 10.5. The number of hydrogen-bond donors (Lipinski definition) is 1. The van der Waals surface area contributed by atoms with E-state index in [9.17, 15) is 9.59 Å². The van der Waals surface area contributed by atoms with Crippen LogP contribution >= 0.6 is 15.9 Å². The number of rotatable bonds is 4. The van der Waals surface area contributed by atoms with Gasteiger partial charge >= 0.3 is 5.97 Å². The van der Waals surface area contributed by atoms with Crippen LogP contribution in [-0.2, 0) is 4.74 Å². The van der Waals surface area contributed by atoms with Gasteiger partial charge in [-0.1, -0.05) is 18.2 Å². The number of carbonyl (C=O) groups is 2. The summed E-state index contributed by atoms with van der Waals surface area (Å²) in [5.74, 6) is -0.895. The number of Topliss-reactive ketones (excluding diaryl/α,β-unsaturated/α-hetero) is 1. The zero-order valence-electron chi connectivity index (χ0n) is 11.6. The van der Waals surface area contributed by atoms with Gasteiger partial charge in [-0.05, 0) is 41.1 Å². The third-order valence-corrected chi connectivity index (χ3v) is 3.71. The first-order chi connectivity index (χ1) is 10.6. The first-order valence-electron chi connectivity index (χ1n) is 6.63. The Kier molecular flexibility index (Phi) is 3.85. The average molecular weight is 362 g/mol. The summed E-state index contributed by atoms with van der Waals surface area (Å²) in [6.45, 7) is 1.54. The van der Waals surface area contributed by atoms with Gasteiger partial charge in [0.1, 0.15) is 0 Å². The van der Waals surface area contributed by atoms with E-state index in [-0.39, 0.29) is 11.5 Å². The van der Waals surface area contributed by atoms with E-state index >= 15 is 0 Å². The highest BCUT2D eigenvalue weighted by Gasteiger charge is 2.24. The molecular formula is C16H12BrNO4. The maximum absolute atomic E-state index is 12.5. The Morgan fingerprint density at radius 1 is 1.23 bits per heavy atom. The molecule has 2 aromatic heterocycles. The smallest absolute Gasteiger partial charge is 0.374 e. The average Bonchev–Trinajstić information content (AvgIpc) is 3.12. The summed E-state index contributed by atoms with van der Waals surface area (Å²) in [4.78, 5) is 27.4. The second-order valence-electron chi connectivity index (χ2n) is 4.76. The van der Waals surface area contributed by atoms with Crippen LogP contribution in [-0.4, -0.2) is 22.8 Å². The lowest BCUT2D eigenvalue weighted by Gasteiger charge is -2.10. The summed E-state index contributed by atoms with van der Waals surface area (Å²) >= 11 is 3.11. The minimum atomic E-state index is -0.907. The number of ketones is 1. The van der Waals surface area contributed by atoms with Crippen molar-refractivity contribution in [2.75, 3.05) is 0 Å². The van der Waals surface area contributed by atoms with E-state index in [0.29, 0.717) is 10.2 Å².